The van der Waals surface area contributed by atoms with E-state index >= 15 is 0 Å². The molecule has 1 N–H and O–H groups in total. The molecule has 0 aliphatic carbocycles. The average molecular weight is 188 g/mol. The van der Waals surface area contributed by atoms with Gasteiger partial charge in [0.15, 0.2) is 0 Å². The van der Waals surface area contributed by atoms with Gasteiger partial charge in [-0.3, -0.25) is 0 Å². The Balaban J connectivity index is 1.95. The van der Waals surface area contributed by atoms with Crippen LogP contribution in [0.15, 0.2) is 0 Å². The molecule has 0 saturated carbocycles. The summed E-state index contributed by atoms with van der Waals surface area (Å²) >= 11 is 0. The predicted octanol–water partition coefficient (Wildman–Crippen LogP) is -0.0567. The van der Waals surface area contributed by atoms with E-state index in [0.717, 1.165) is 12.8 Å². The molecule has 13 heavy (non-hydrogen) atoms. The second kappa shape index (κ2) is 3.92. The van der Waals surface area contributed by atoms with Crippen molar-refractivity contribution in [2.45, 2.75) is 24.5 Å². The molecule has 0 aromatic rings. The molecule has 2 rings (SSSR count). The molecule has 2 saturated heterocycles. The van der Waals surface area contributed by atoms with Crippen LogP contribution in [0.4, 0.5) is 0 Å². The first-order chi connectivity index (χ1) is 6.35. The van der Waals surface area contributed by atoms with Crippen molar-refractivity contribution in [1.82, 2.24) is 0 Å². The first-order valence-electron chi connectivity index (χ1n) is 4.79. The van der Waals surface area contributed by atoms with Gasteiger partial charge in [-0.15, -0.1) is 0 Å². The Morgan fingerprint density at radius 1 is 1.23 bits per heavy atom. The fourth-order valence-corrected chi connectivity index (χ4v) is 1.91. The average Bonchev–Trinajstić information content (AvgIpc) is 2.40. The molecule has 2 aliphatic rings. The summed E-state index contributed by atoms with van der Waals surface area (Å²) in [5, 5.41) is 8.94. The van der Waals surface area contributed by atoms with Crippen LogP contribution in [0.3, 0.4) is 0 Å². The molecule has 0 aromatic heterocycles. The van der Waals surface area contributed by atoms with Gasteiger partial charge in [0.25, 0.3) is 0 Å². The monoisotopic (exact) mass is 188 g/mol. The Kier molecular flexibility index (Phi) is 2.83. The van der Waals surface area contributed by atoms with E-state index in [2.05, 4.69) is 0 Å². The van der Waals surface area contributed by atoms with Crippen molar-refractivity contribution in [1.29, 1.82) is 0 Å². The summed E-state index contributed by atoms with van der Waals surface area (Å²) in [6.45, 7) is 2.60. The van der Waals surface area contributed by atoms with Crippen LogP contribution in [-0.2, 0) is 14.2 Å². The zero-order valence-corrected chi connectivity index (χ0v) is 7.70. The Hall–Kier alpha value is -0.160. The molecule has 2 fully saturated rings. The van der Waals surface area contributed by atoms with E-state index < -0.39 is 0 Å². The van der Waals surface area contributed by atoms with Gasteiger partial charge < -0.3 is 19.3 Å². The van der Waals surface area contributed by atoms with E-state index in [1.165, 1.54) is 0 Å². The van der Waals surface area contributed by atoms with Crippen molar-refractivity contribution < 1.29 is 19.3 Å². The Morgan fingerprint density at radius 2 is 1.92 bits per heavy atom. The van der Waals surface area contributed by atoms with Gasteiger partial charge in [-0.05, 0) is 12.8 Å². The zero-order valence-electron chi connectivity index (χ0n) is 7.70. The molecule has 0 radical (unpaired) electrons. The highest BCUT2D eigenvalue weighted by Gasteiger charge is 2.41. The number of hydrogen-bond donors (Lipinski definition) is 1. The van der Waals surface area contributed by atoms with Crippen LogP contribution >= 0.6 is 0 Å². The van der Waals surface area contributed by atoms with Crippen molar-refractivity contribution in [2.24, 2.45) is 0 Å². The van der Waals surface area contributed by atoms with Gasteiger partial charge in [0.05, 0.1) is 39.1 Å². The van der Waals surface area contributed by atoms with Gasteiger partial charge in [0.2, 0.25) is 0 Å². The quantitative estimate of drug-likeness (QED) is 0.626. The van der Waals surface area contributed by atoms with Crippen LogP contribution in [0, 0.1) is 0 Å². The lowest BCUT2D eigenvalue weighted by Gasteiger charge is -2.26. The predicted molar refractivity (Wildman–Crippen MR) is 45.6 cm³/mol. The van der Waals surface area contributed by atoms with Gasteiger partial charge in [0.1, 0.15) is 5.60 Å². The molecule has 2 aliphatic heterocycles. The lowest BCUT2D eigenvalue weighted by Crippen LogP contribution is -2.38. The SMILES string of the molecule is OCC1CCC2(COCCOC2)O1. The summed E-state index contributed by atoms with van der Waals surface area (Å²) in [4.78, 5) is 0. The number of hydrogen-bond acceptors (Lipinski definition) is 4. The van der Waals surface area contributed by atoms with Gasteiger partial charge in [-0.2, -0.15) is 0 Å². The van der Waals surface area contributed by atoms with Gasteiger partial charge in [-0.25, -0.2) is 0 Å². The van der Waals surface area contributed by atoms with Crippen molar-refractivity contribution in [3.8, 4) is 0 Å². The minimum Gasteiger partial charge on any atom is -0.394 e. The van der Waals surface area contributed by atoms with E-state index in [4.69, 9.17) is 19.3 Å². The molecule has 1 unspecified atom stereocenters. The van der Waals surface area contributed by atoms with Gasteiger partial charge in [0, 0.05) is 0 Å². The van der Waals surface area contributed by atoms with Crippen LogP contribution in [-0.4, -0.2) is 49.8 Å². The lowest BCUT2D eigenvalue weighted by molar-refractivity contribution is -0.109. The molecular formula is C9H16O4. The third-order valence-corrected chi connectivity index (χ3v) is 2.64. The summed E-state index contributed by atoms with van der Waals surface area (Å²) in [5.41, 5.74) is -0.274. The lowest BCUT2D eigenvalue weighted by atomic mass is 10.0. The standard InChI is InChI=1S/C9H16O4/c10-5-8-1-2-9(13-8)6-11-3-4-12-7-9/h8,10H,1-7H2. The zero-order chi connectivity index (χ0) is 9.15. The highest BCUT2D eigenvalue weighted by atomic mass is 16.6. The summed E-state index contributed by atoms with van der Waals surface area (Å²) in [6.07, 6.45) is 1.81. The number of aliphatic hydroxyl groups is 1. The Bertz CT molecular complexity index is 163. The summed E-state index contributed by atoms with van der Waals surface area (Å²) < 4.78 is 16.5. The molecule has 1 spiro atoms. The topological polar surface area (TPSA) is 47.9 Å². The first kappa shape index (κ1) is 9.40. The summed E-state index contributed by atoms with van der Waals surface area (Å²) in [7, 11) is 0. The maximum atomic E-state index is 8.94. The van der Waals surface area contributed by atoms with Gasteiger partial charge in [-0.1, -0.05) is 0 Å². The highest BCUT2D eigenvalue weighted by Crippen LogP contribution is 2.31. The second-order valence-electron chi connectivity index (χ2n) is 3.75. The Labute approximate surface area is 77.8 Å². The summed E-state index contributed by atoms with van der Waals surface area (Å²) in [5.74, 6) is 0. The van der Waals surface area contributed by atoms with Crippen molar-refractivity contribution >= 4 is 0 Å². The van der Waals surface area contributed by atoms with Crippen LogP contribution in [0.25, 0.3) is 0 Å². The molecule has 4 nitrogen and oxygen atoms in total. The van der Waals surface area contributed by atoms with Crippen molar-refractivity contribution in [3.63, 3.8) is 0 Å². The van der Waals surface area contributed by atoms with Crippen LogP contribution in [0.1, 0.15) is 12.8 Å². The maximum Gasteiger partial charge on any atom is 0.115 e. The normalized spacial score (nSPS) is 33.5. The van der Waals surface area contributed by atoms with Crippen LogP contribution in [0.2, 0.25) is 0 Å². The largest absolute Gasteiger partial charge is 0.394 e. The van der Waals surface area contributed by atoms with Crippen molar-refractivity contribution in [2.75, 3.05) is 33.0 Å². The fraction of sp³-hybridized carbons (Fsp3) is 1.00. The smallest absolute Gasteiger partial charge is 0.115 e. The van der Waals surface area contributed by atoms with E-state index in [9.17, 15) is 0 Å². The summed E-state index contributed by atoms with van der Waals surface area (Å²) in [6, 6.07) is 0. The fourth-order valence-electron chi connectivity index (χ4n) is 1.91. The van der Waals surface area contributed by atoms with E-state index in [1.807, 2.05) is 0 Å². The minimum atomic E-state index is -0.274. The van der Waals surface area contributed by atoms with Crippen LogP contribution < -0.4 is 0 Å². The molecule has 0 amide bonds. The first-order valence-corrected chi connectivity index (χ1v) is 4.79. The van der Waals surface area contributed by atoms with E-state index in [1.54, 1.807) is 0 Å². The molecule has 2 heterocycles. The number of rotatable bonds is 1. The number of aliphatic hydroxyl groups excluding tert-OH is 1. The second-order valence-corrected chi connectivity index (χ2v) is 3.75. The Morgan fingerprint density at radius 3 is 2.46 bits per heavy atom. The molecule has 76 valence electrons. The molecule has 1 atom stereocenters. The third-order valence-electron chi connectivity index (χ3n) is 2.64. The van der Waals surface area contributed by atoms with Gasteiger partial charge >= 0.3 is 0 Å². The maximum absolute atomic E-state index is 8.94. The third kappa shape index (κ3) is 2.02. The highest BCUT2D eigenvalue weighted by molar-refractivity contribution is 4.89. The molecule has 0 bridgehead atoms. The van der Waals surface area contributed by atoms with E-state index in [0.29, 0.717) is 26.4 Å². The number of ether oxygens (including phenoxy) is 3. The van der Waals surface area contributed by atoms with Crippen molar-refractivity contribution in [3.05, 3.63) is 0 Å². The molecule has 4 heteroatoms. The minimum absolute atomic E-state index is 0.0229. The van der Waals surface area contributed by atoms with E-state index in [-0.39, 0.29) is 18.3 Å². The van der Waals surface area contributed by atoms with Crippen LogP contribution in [0.5, 0.6) is 0 Å². The molecule has 0 aromatic carbocycles. The molecular weight excluding hydrogens is 172 g/mol.